The van der Waals surface area contributed by atoms with E-state index >= 15 is 0 Å². The molecule has 2 aromatic rings. The summed E-state index contributed by atoms with van der Waals surface area (Å²) < 4.78 is 26.7. The molecule has 0 bridgehead atoms. The molecule has 4 nitrogen and oxygen atoms in total. The van der Waals surface area contributed by atoms with E-state index in [-0.39, 0.29) is 12.1 Å². The third-order valence-electron chi connectivity index (χ3n) is 3.52. The quantitative estimate of drug-likeness (QED) is 0.762. The van der Waals surface area contributed by atoms with Gasteiger partial charge in [-0.1, -0.05) is 18.2 Å². The van der Waals surface area contributed by atoms with E-state index in [1.807, 2.05) is 0 Å². The van der Waals surface area contributed by atoms with Crippen molar-refractivity contribution >= 4 is 5.91 Å². The van der Waals surface area contributed by atoms with Crippen LogP contribution in [-0.2, 0) is 12.1 Å². The van der Waals surface area contributed by atoms with Crippen molar-refractivity contribution in [1.82, 2.24) is 5.32 Å². The summed E-state index contributed by atoms with van der Waals surface area (Å²) in [7, 11) is 0. The van der Waals surface area contributed by atoms with E-state index in [1.165, 1.54) is 13.0 Å². The number of nitrogens with two attached hydrogens (primary N) is 1. The summed E-state index contributed by atoms with van der Waals surface area (Å²) in [6, 6.07) is 9.81. The molecule has 6 heteroatoms. The first-order chi connectivity index (χ1) is 10.8. The smallest absolute Gasteiger partial charge is 0.248 e. The molecule has 0 aliphatic heterocycles. The molecule has 122 valence electrons. The van der Waals surface area contributed by atoms with E-state index in [0.29, 0.717) is 12.1 Å². The Morgan fingerprint density at radius 1 is 1.26 bits per heavy atom. The number of carbonyl (C=O) groups excluding carboxylic acids is 1. The van der Waals surface area contributed by atoms with E-state index in [0.717, 1.165) is 17.7 Å². The summed E-state index contributed by atoms with van der Waals surface area (Å²) in [6.45, 7) is 1.85. The van der Waals surface area contributed by atoms with Gasteiger partial charge in [0.05, 0.1) is 0 Å². The van der Waals surface area contributed by atoms with E-state index in [9.17, 15) is 18.7 Å². The molecule has 0 heterocycles. The van der Waals surface area contributed by atoms with Crippen molar-refractivity contribution in [3.8, 4) is 0 Å². The van der Waals surface area contributed by atoms with Gasteiger partial charge in [-0.3, -0.25) is 4.79 Å². The molecule has 0 aliphatic carbocycles. The molecular formula is C17H18F2N2O2. The van der Waals surface area contributed by atoms with Crippen LogP contribution < -0.4 is 11.1 Å². The summed E-state index contributed by atoms with van der Waals surface area (Å²) in [6.07, 6.45) is 0. The second-order valence-corrected chi connectivity index (χ2v) is 5.57. The standard InChI is InChI=1S/C17H18F2N2O2/c1-17(23,14-6-5-13(18)8-15(14)19)10-21-9-11-3-2-4-12(7-11)16(20)22/h2-8,21,23H,9-10H2,1H3,(H2,20,22). The lowest BCUT2D eigenvalue weighted by Crippen LogP contribution is -2.36. The molecule has 1 atom stereocenters. The number of aliphatic hydroxyl groups is 1. The molecule has 0 saturated heterocycles. The molecule has 0 aliphatic rings. The predicted molar refractivity (Wildman–Crippen MR) is 82.6 cm³/mol. The van der Waals surface area contributed by atoms with Crippen LogP contribution in [0.15, 0.2) is 42.5 Å². The summed E-state index contributed by atoms with van der Waals surface area (Å²) in [5.41, 5.74) is 4.92. The van der Waals surface area contributed by atoms with Gasteiger partial charge in [0.15, 0.2) is 0 Å². The maximum Gasteiger partial charge on any atom is 0.248 e. The molecule has 0 aromatic heterocycles. The molecule has 23 heavy (non-hydrogen) atoms. The van der Waals surface area contributed by atoms with Gasteiger partial charge in [0.1, 0.15) is 17.2 Å². The van der Waals surface area contributed by atoms with Crippen LogP contribution in [0.1, 0.15) is 28.4 Å². The minimum absolute atomic E-state index is 0.0114. The van der Waals surface area contributed by atoms with E-state index in [4.69, 9.17) is 5.73 Å². The lowest BCUT2D eigenvalue weighted by Gasteiger charge is -2.25. The topological polar surface area (TPSA) is 75.3 Å². The maximum absolute atomic E-state index is 13.8. The van der Waals surface area contributed by atoms with Crippen LogP contribution >= 0.6 is 0 Å². The van der Waals surface area contributed by atoms with Crippen LogP contribution in [0.3, 0.4) is 0 Å². The Kier molecular flexibility index (Phi) is 5.08. The highest BCUT2D eigenvalue weighted by molar-refractivity contribution is 5.92. The van der Waals surface area contributed by atoms with Crippen LogP contribution in [0.4, 0.5) is 8.78 Å². The Bertz CT molecular complexity index is 717. The van der Waals surface area contributed by atoms with E-state index in [2.05, 4.69) is 5.32 Å². The summed E-state index contributed by atoms with van der Waals surface area (Å²) in [4.78, 5) is 11.1. The van der Waals surface area contributed by atoms with Gasteiger partial charge < -0.3 is 16.2 Å². The molecular weight excluding hydrogens is 302 g/mol. The molecule has 0 fully saturated rings. The Morgan fingerprint density at radius 2 is 2.00 bits per heavy atom. The third-order valence-corrected chi connectivity index (χ3v) is 3.52. The van der Waals surface area contributed by atoms with Gasteiger partial charge in [0.2, 0.25) is 5.91 Å². The van der Waals surface area contributed by atoms with Crippen molar-refractivity contribution in [1.29, 1.82) is 0 Å². The van der Waals surface area contributed by atoms with E-state index < -0.39 is 23.1 Å². The van der Waals surface area contributed by atoms with Crippen LogP contribution in [-0.4, -0.2) is 17.6 Å². The van der Waals surface area contributed by atoms with Gasteiger partial charge in [-0.15, -0.1) is 0 Å². The number of hydrogen-bond donors (Lipinski definition) is 3. The van der Waals surface area contributed by atoms with Gasteiger partial charge in [-0.05, 0) is 30.7 Å². The van der Waals surface area contributed by atoms with Crippen LogP contribution in [0.25, 0.3) is 0 Å². The van der Waals surface area contributed by atoms with Gasteiger partial charge in [0, 0.05) is 30.3 Å². The number of amides is 1. The minimum atomic E-state index is -1.50. The first-order valence-corrected chi connectivity index (χ1v) is 7.07. The SMILES string of the molecule is CC(O)(CNCc1cccc(C(N)=O)c1)c1ccc(F)cc1F. The number of carbonyl (C=O) groups is 1. The largest absolute Gasteiger partial charge is 0.384 e. The highest BCUT2D eigenvalue weighted by Crippen LogP contribution is 2.23. The Morgan fingerprint density at radius 3 is 2.65 bits per heavy atom. The summed E-state index contributed by atoms with van der Waals surface area (Å²) in [5.74, 6) is -2.02. The molecule has 0 saturated carbocycles. The fourth-order valence-corrected chi connectivity index (χ4v) is 2.31. The predicted octanol–water partition coefficient (Wildman–Crippen LogP) is 2.06. The fraction of sp³-hybridized carbons (Fsp3) is 0.235. The van der Waals surface area contributed by atoms with E-state index in [1.54, 1.807) is 24.3 Å². The van der Waals surface area contributed by atoms with Crippen LogP contribution in [0, 0.1) is 11.6 Å². The minimum Gasteiger partial charge on any atom is -0.384 e. The monoisotopic (exact) mass is 320 g/mol. The van der Waals surface area contributed by atoms with Crippen molar-refractivity contribution < 1.29 is 18.7 Å². The van der Waals surface area contributed by atoms with Crippen molar-refractivity contribution in [2.24, 2.45) is 5.73 Å². The number of nitrogens with one attached hydrogen (secondary N) is 1. The number of hydrogen-bond acceptors (Lipinski definition) is 3. The number of primary amides is 1. The van der Waals surface area contributed by atoms with Gasteiger partial charge in [-0.2, -0.15) is 0 Å². The van der Waals surface area contributed by atoms with Crippen LogP contribution in [0.5, 0.6) is 0 Å². The lowest BCUT2D eigenvalue weighted by atomic mass is 9.95. The fourth-order valence-electron chi connectivity index (χ4n) is 2.31. The van der Waals surface area contributed by atoms with Gasteiger partial charge in [0.25, 0.3) is 0 Å². The van der Waals surface area contributed by atoms with Gasteiger partial charge in [-0.25, -0.2) is 8.78 Å². The zero-order chi connectivity index (χ0) is 17.0. The average Bonchev–Trinajstić information content (AvgIpc) is 2.46. The molecule has 2 aromatic carbocycles. The van der Waals surface area contributed by atoms with Crippen molar-refractivity contribution in [3.05, 3.63) is 70.8 Å². The Hall–Kier alpha value is -2.31. The molecule has 0 spiro atoms. The second-order valence-electron chi connectivity index (χ2n) is 5.57. The highest BCUT2D eigenvalue weighted by Gasteiger charge is 2.26. The molecule has 2 rings (SSSR count). The summed E-state index contributed by atoms with van der Waals surface area (Å²) in [5, 5.41) is 13.4. The summed E-state index contributed by atoms with van der Waals surface area (Å²) >= 11 is 0. The normalized spacial score (nSPS) is 13.6. The number of halogens is 2. The van der Waals surface area contributed by atoms with Gasteiger partial charge >= 0.3 is 0 Å². The molecule has 1 unspecified atom stereocenters. The second kappa shape index (κ2) is 6.85. The number of rotatable bonds is 6. The Balaban J connectivity index is 2.02. The molecule has 0 radical (unpaired) electrons. The maximum atomic E-state index is 13.8. The Labute approximate surface area is 132 Å². The first-order valence-electron chi connectivity index (χ1n) is 7.07. The molecule has 1 amide bonds. The third kappa shape index (κ3) is 4.34. The highest BCUT2D eigenvalue weighted by atomic mass is 19.1. The zero-order valence-electron chi connectivity index (χ0n) is 12.6. The van der Waals surface area contributed by atoms with Crippen molar-refractivity contribution in [2.75, 3.05) is 6.54 Å². The average molecular weight is 320 g/mol. The first kappa shape index (κ1) is 17.1. The number of benzene rings is 2. The lowest BCUT2D eigenvalue weighted by molar-refractivity contribution is 0.0528. The van der Waals surface area contributed by atoms with Crippen LogP contribution in [0.2, 0.25) is 0 Å². The zero-order valence-corrected chi connectivity index (χ0v) is 12.6. The van der Waals surface area contributed by atoms with Crippen molar-refractivity contribution in [3.63, 3.8) is 0 Å². The molecule has 4 N–H and O–H groups in total. The van der Waals surface area contributed by atoms with Crippen molar-refractivity contribution in [2.45, 2.75) is 19.1 Å².